The molecule has 1 amide bonds. The summed E-state index contributed by atoms with van der Waals surface area (Å²) in [6.45, 7) is 3.24. The fourth-order valence-corrected chi connectivity index (χ4v) is 4.53. The lowest BCUT2D eigenvalue weighted by Crippen LogP contribution is -2.46. The fraction of sp³-hybridized carbons (Fsp3) is 0.800. The first-order valence-electron chi connectivity index (χ1n) is 10.6. The summed E-state index contributed by atoms with van der Waals surface area (Å²) < 4.78 is 13.9. The number of carbonyl (C=O) groups is 1. The topological polar surface area (TPSA) is 101 Å². The summed E-state index contributed by atoms with van der Waals surface area (Å²) in [4.78, 5) is 18.8. The molecular formula is C20H33N5O4. The number of amides is 1. The number of ether oxygens (including phenoxy) is 2. The van der Waals surface area contributed by atoms with Gasteiger partial charge in [0.25, 0.3) is 0 Å². The van der Waals surface area contributed by atoms with Crippen molar-refractivity contribution in [3.63, 3.8) is 0 Å². The number of imidazole rings is 1. The molecule has 0 radical (unpaired) electrons. The van der Waals surface area contributed by atoms with Gasteiger partial charge in [0, 0.05) is 38.4 Å². The molecule has 0 bridgehead atoms. The van der Waals surface area contributed by atoms with E-state index in [0.29, 0.717) is 25.6 Å². The average molecular weight is 408 g/mol. The van der Waals surface area contributed by atoms with Gasteiger partial charge in [0.15, 0.2) is 0 Å². The molecule has 3 aliphatic rings. The molecule has 162 valence electrons. The Labute approximate surface area is 171 Å². The van der Waals surface area contributed by atoms with Gasteiger partial charge in [0.05, 0.1) is 31.3 Å². The number of hydrogen-bond acceptors (Lipinski definition) is 7. The zero-order valence-electron chi connectivity index (χ0n) is 17.3. The van der Waals surface area contributed by atoms with E-state index in [9.17, 15) is 9.90 Å². The van der Waals surface area contributed by atoms with Crippen molar-refractivity contribution in [3.8, 4) is 0 Å². The maximum absolute atomic E-state index is 12.2. The minimum absolute atomic E-state index is 0.0760. The normalized spacial score (nSPS) is 33.1. The van der Waals surface area contributed by atoms with E-state index in [1.807, 2.05) is 17.8 Å². The highest BCUT2D eigenvalue weighted by atomic mass is 16.6. The SMILES string of the molecule is CN1CCC(NCC2OC3CC(CC(=O)NCc4nccn4C)OC3C2O)CC1. The molecule has 4 heterocycles. The predicted molar refractivity (Wildman–Crippen MR) is 106 cm³/mol. The van der Waals surface area contributed by atoms with E-state index in [1.54, 1.807) is 6.20 Å². The molecule has 0 spiro atoms. The van der Waals surface area contributed by atoms with Gasteiger partial charge in [-0.3, -0.25) is 4.79 Å². The molecule has 0 aromatic carbocycles. The van der Waals surface area contributed by atoms with Crippen LogP contribution in [0, 0.1) is 0 Å². The molecule has 9 heteroatoms. The third-order valence-electron chi connectivity index (χ3n) is 6.38. The number of nitrogens with zero attached hydrogens (tertiary/aromatic N) is 3. The number of nitrogens with one attached hydrogen (secondary N) is 2. The first kappa shape index (κ1) is 20.7. The standard InChI is InChI=1S/C20H33N5O4/c1-24-6-3-13(4-7-24)22-11-16-19(27)20-15(29-16)9-14(28-20)10-18(26)23-12-17-21-5-8-25(17)2/h5,8,13-16,19-20,22,27H,3-4,6-7,9-12H2,1-2H3,(H,23,26). The van der Waals surface area contributed by atoms with Gasteiger partial charge in [-0.25, -0.2) is 4.98 Å². The number of piperidine rings is 1. The molecule has 4 rings (SSSR count). The molecule has 3 aliphatic heterocycles. The third kappa shape index (κ3) is 4.97. The van der Waals surface area contributed by atoms with Crippen LogP contribution < -0.4 is 10.6 Å². The van der Waals surface area contributed by atoms with Crippen LogP contribution in [0.15, 0.2) is 12.4 Å². The van der Waals surface area contributed by atoms with Crippen LogP contribution in [0.4, 0.5) is 0 Å². The second kappa shape index (κ2) is 9.09. The maximum Gasteiger partial charge on any atom is 0.222 e. The largest absolute Gasteiger partial charge is 0.388 e. The van der Waals surface area contributed by atoms with Crippen molar-refractivity contribution < 1.29 is 19.4 Å². The highest BCUT2D eigenvalue weighted by Gasteiger charge is 2.50. The van der Waals surface area contributed by atoms with Crippen molar-refractivity contribution in [2.75, 3.05) is 26.7 Å². The number of likely N-dealkylation sites (tertiary alicyclic amines) is 1. The molecular weight excluding hydrogens is 374 g/mol. The molecule has 1 aromatic heterocycles. The maximum atomic E-state index is 12.2. The minimum atomic E-state index is -0.653. The van der Waals surface area contributed by atoms with E-state index in [2.05, 4.69) is 27.6 Å². The minimum Gasteiger partial charge on any atom is -0.388 e. The molecule has 3 N–H and O–H groups in total. The van der Waals surface area contributed by atoms with Gasteiger partial charge in [-0.1, -0.05) is 0 Å². The van der Waals surface area contributed by atoms with Crippen molar-refractivity contribution in [1.29, 1.82) is 0 Å². The second-order valence-corrected chi connectivity index (χ2v) is 8.58. The number of carbonyl (C=O) groups excluding carboxylic acids is 1. The molecule has 5 atom stereocenters. The summed E-state index contributed by atoms with van der Waals surface area (Å²) >= 11 is 0. The molecule has 5 unspecified atom stereocenters. The average Bonchev–Trinajstić information content (AvgIpc) is 3.36. The molecule has 0 aliphatic carbocycles. The quantitative estimate of drug-likeness (QED) is 0.555. The molecule has 1 aromatic rings. The second-order valence-electron chi connectivity index (χ2n) is 8.58. The van der Waals surface area contributed by atoms with E-state index in [0.717, 1.165) is 31.8 Å². The van der Waals surface area contributed by atoms with Gasteiger partial charge < -0.3 is 34.7 Å². The van der Waals surface area contributed by atoms with E-state index < -0.39 is 6.10 Å². The number of hydrogen-bond donors (Lipinski definition) is 3. The van der Waals surface area contributed by atoms with E-state index >= 15 is 0 Å². The number of aryl methyl sites for hydroxylation is 1. The number of aliphatic hydroxyl groups is 1. The van der Waals surface area contributed by atoms with Crippen molar-refractivity contribution in [1.82, 2.24) is 25.1 Å². The summed E-state index contributed by atoms with van der Waals surface area (Å²) in [5, 5.41) is 17.1. The summed E-state index contributed by atoms with van der Waals surface area (Å²) in [5.74, 6) is 0.731. The van der Waals surface area contributed by atoms with Crippen LogP contribution in [0.3, 0.4) is 0 Å². The van der Waals surface area contributed by atoms with E-state index in [1.165, 1.54) is 0 Å². The van der Waals surface area contributed by atoms with Crippen LogP contribution in [0.5, 0.6) is 0 Å². The van der Waals surface area contributed by atoms with Crippen molar-refractivity contribution in [3.05, 3.63) is 18.2 Å². The van der Waals surface area contributed by atoms with E-state index in [4.69, 9.17) is 9.47 Å². The van der Waals surface area contributed by atoms with Crippen LogP contribution in [0.25, 0.3) is 0 Å². The number of fused-ring (bicyclic) bond motifs is 1. The molecule has 3 saturated heterocycles. The Morgan fingerprint density at radius 2 is 2.10 bits per heavy atom. The Morgan fingerprint density at radius 3 is 2.79 bits per heavy atom. The first-order valence-corrected chi connectivity index (χ1v) is 10.6. The highest BCUT2D eigenvalue weighted by Crippen LogP contribution is 2.35. The van der Waals surface area contributed by atoms with E-state index in [-0.39, 0.29) is 36.7 Å². The zero-order chi connectivity index (χ0) is 20.4. The van der Waals surface area contributed by atoms with Crippen LogP contribution >= 0.6 is 0 Å². The van der Waals surface area contributed by atoms with Gasteiger partial charge in [-0.05, 0) is 33.0 Å². The van der Waals surface area contributed by atoms with Crippen LogP contribution in [-0.4, -0.2) is 88.7 Å². The summed E-state index contributed by atoms with van der Waals surface area (Å²) in [6.07, 6.45) is 5.11. The van der Waals surface area contributed by atoms with Gasteiger partial charge in [0.2, 0.25) is 5.91 Å². The fourth-order valence-electron chi connectivity index (χ4n) is 4.53. The van der Waals surface area contributed by atoms with Crippen LogP contribution in [0.1, 0.15) is 31.5 Å². The number of aliphatic hydroxyl groups excluding tert-OH is 1. The highest BCUT2D eigenvalue weighted by molar-refractivity contribution is 5.76. The Kier molecular flexibility index (Phi) is 6.50. The summed E-state index contributed by atoms with van der Waals surface area (Å²) in [7, 11) is 4.04. The lowest BCUT2D eigenvalue weighted by molar-refractivity contribution is -0.125. The molecule has 9 nitrogen and oxygen atoms in total. The molecule has 3 fully saturated rings. The predicted octanol–water partition coefficient (Wildman–Crippen LogP) is -0.604. The lowest BCUT2D eigenvalue weighted by Gasteiger charge is -2.30. The monoisotopic (exact) mass is 407 g/mol. The first-order chi connectivity index (χ1) is 14.0. The van der Waals surface area contributed by atoms with Gasteiger partial charge in [-0.15, -0.1) is 0 Å². The van der Waals surface area contributed by atoms with Gasteiger partial charge >= 0.3 is 0 Å². The van der Waals surface area contributed by atoms with Gasteiger partial charge in [-0.2, -0.15) is 0 Å². The molecule has 0 saturated carbocycles. The van der Waals surface area contributed by atoms with Crippen LogP contribution in [0.2, 0.25) is 0 Å². The Morgan fingerprint density at radius 1 is 1.31 bits per heavy atom. The lowest BCUT2D eigenvalue weighted by atomic mass is 10.0. The van der Waals surface area contributed by atoms with Crippen LogP contribution in [-0.2, 0) is 27.9 Å². The zero-order valence-corrected chi connectivity index (χ0v) is 17.3. The van der Waals surface area contributed by atoms with Crippen molar-refractivity contribution in [2.45, 2.75) is 68.8 Å². The number of aromatic nitrogens is 2. The van der Waals surface area contributed by atoms with Gasteiger partial charge in [0.1, 0.15) is 18.0 Å². The third-order valence-corrected chi connectivity index (χ3v) is 6.38. The van der Waals surface area contributed by atoms with Crippen molar-refractivity contribution >= 4 is 5.91 Å². The smallest absolute Gasteiger partial charge is 0.222 e. The van der Waals surface area contributed by atoms with Crippen molar-refractivity contribution in [2.24, 2.45) is 7.05 Å². The Hall–Kier alpha value is -1.52. The Balaban J connectivity index is 1.17. The Bertz CT molecular complexity index is 690. The molecule has 29 heavy (non-hydrogen) atoms. The summed E-state index contributed by atoms with van der Waals surface area (Å²) in [5.41, 5.74) is 0. The summed E-state index contributed by atoms with van der Waals surface area (Å²) in [6, 6.07) is 0.485. The number of rotatable bonds is 7.